The van der Waals surface area contributed by atoms with Crippen molar-refractivity contribution in [1.29, 1.82) is 5.26 Å². The van der Waals surface area contributed by atoms with Crippen molar-refractivity contribution < 1.29 is 9.21 Å². The topological polar surface area (TPSA) is 104 Å². The molecule has 2 aromatic heterocycles. The molecule has 0 saturated heterocycles. The zero-order valence-electron chi connectivity index (χ0n) is 13.2. The van der Waals surface area contributed by atoms with Crippen molar-refractivity contribution in [3.63, 3.8) is 0 Å². The number of oxazole rings is 1. The lowest BCUT2D eigenvalue weighted by Gasteiger charge is -2.08. The lowest BCUT2D eigenvalue weighted by atomic mass is 10.0. The second-order valence-corrected chi connectivity index (χ2v) is 5.93. The highest BCUT2D eigenvalue weighted by molar-refractivity contribution is 6.34. The summed E-state index contributed by atoms with van der Waals surface area (Å²) < 4.78 is 5.32. The molecule has 26 heavy (non-hydrogen) atoms. The Bertz CT molecular complexity index is 1080. The lowest BCUT2D eigenvalue weighted by Crippen LogP contribution is -2.15. The van der Waals surface area contributed by atoms with Crippen LogP contribution in [0, 0.1) is 11.3 Å². The molecule has 1 aliphatic heterocycles. The Balaban J connectivity index is 1.61. The van der Waals surface area contributed by atoms with E-state index in [9.17, 15) is 4.79 Å². The van der Waals surface area contributed by atoms with E-state index < -0.39 is 5.91 Å². The number of nitriles is 1. The van der Waals surface area contributed by atoms with Gasteiger partial charge in [0.2, 0.25) is 0 Å². The van der Waals surface area contributed by atoms with Crippen molar-refractivity contribution in [1.82, 2.24) is 9.97 Å². The van der Waals surface area contributed by atoms with Crippen LogP contribution in [0.5, 0.6) is 0 Å². The number of nitrogens with zero attached hydrogens (tertiary/aromatic N) is 4. The molecule has 4 rings (SSSR count). The Kier molecular flexibility index (Phi) is 3.95. The van der Waals surface area contributed by atoms with Gasteiger partial charge in [0, 0.05) is 17.4 Å². The Morgan fingerprint density at radius 3 is 2.92 bits per heavy atom. The lowest BCUT2D eigenvalue weighted by molar-refractivity contribution is 0.102. The molecule has 0 saturated carbocycles. The van der Waals surface area contributed by atoms with Crippen LogP contribution < -0.4 is 5.32 Å². The van der Waals surface area contributed by atoms with Gasteiger partial charge in [-0.2, -0.15) is 5.26 Å². The van der Waals surface area contributed by atoms with Gasteiger partial charge >= 0.3 is 0 Å². The highest BCUT2D eigenvalue weighted by Crippen LogP contribution is 2.26. The first kappa shape index (κ1) is 16.0. The van der Waals surface area contributed by atoms with E-state index in [-0.39, 0.29) is 16.3 Å². The summed E-state index contributed by atoms with van der Waals surface area (Å²) in [7, 11) is 0. The van der Waals surface area contributed by atoms with Crippen LogP contribution in [0.25, 0.3) is 0 Å². The summed E-state index contributed by atoms with van der Waals surface area (Å²) in [6, 6.07) is 8.83. The third-order valence-electron chi connectivity index (χ3n) is 3.88. The quantitative estimate of drug-likeness (QED) is 0.769. The molecule has 1 aliphatic rings. The van der Waals surface area contributed by atoms with E-state index in [1.807, 2.05) is 18.2 Å². The molecule has 1 amide bonds. The first-order chi connectivity index (χ1) is 12.7. The Morgan fingerprint density at radius 2 is 2.19 bits per heavy atom. The highest BCUT2D eigenvalue weighted by atomic mass is 35.5. The number of aromatic nitrogens is 2. The summed E-state index contributed by atoms with van der Waals surface area (Å²) in [6.07, 6.45) is 4.25. The molecule has 0 bridgehead atoms. The van der Waals surface area contributed by atoms with Gasteiger partial charge in [0.1, 0.15) is 17.5 Å². The van der Waals surface area contributed by atoms with Crippen LogP contribution in [0.2, 0.25) is 5.02 Å². The highest BCUT2D eigenvalue weighted by Gasteiger charge is 2.21. The monoisotopic (exact) mass is 363 g/mol. The molecule has 7 nitrogen and oxygen atoms in total. The number of nitrogens with one attached hydrogen (secondary N) is 1. The molecule has 3 heterocycles. The third kappa shape index (κ3) is 2.83. The molecule has 0 aliphatic carbocycles. The summed E-state index contributed by atoms with van der Waals surface area (Å²) in [5.74, 6) is 0.111. The minimum absolute atomic E-state index is 0.0512. The van der Waals surface area contributed by atoms with E-state index in [0.29, 0.717) is 23.7 Å². The summed E-state index contributed by atoms with van der Waals surface area (Å²) >= 11 is 6.04. The molecule has 1 N–H and O–H groups in total. The first-order valence-corrected chi connectivity index (χ1v) is 7.97. The van der Waals surface area contributed by atoms with Crippen LogP contribution in [0.15, 0.2) is 52.5 Å². The number of amides is 1. The normalized spacial score (nSPS) is 12.2. The molecule has 3 aromatic rings. The molecule has 0 radical (unpaired) electrons. The fraction of sp³-hybridized carbons (Fsp3) is 0.0556. The van der Waals surface area contributed by atoms with Crippen LogP contribution in [0.3, 0.4) is 0 Å². The molecule has 0 spiro atoms. The zero-order valence-corrected chi connectivity index (χ0v) is 14.0. The van der Waals surface area contributed by atoms with Gasteiger partial charge in [0.25, 0.3) is 5.91 Å². The zero-order chi connectivity index (χ0) is 18.1. The summed E-state index contributed by atoms with van der Waals surface area (Å²) in [6.45, 7) is 0.544. The standard InChI is InChI=1S/C18H10ClN5O2/c19-14-3-10(5-20)6-22-17(14)18(25)24-12-2-1-11-7-23-16(13(11)4-12)15-8-21-9-26-15/h1-4,6,8-9H,7H2,(H,24,25). The van der Waals surface area contributed by atoms with E-state index in [1.54, 1.807) is 12.3 Å². The predicted octanol–water partition coefficient (Wildman–Crippen LogP) is 3.20. The van der Waals surface area contributed by atoms with E-state index in [2.05, 4.69) is 20.3 Å². The fourth-order valence-corrected chi connectivity index (χ4v) is 2.91. The van der Waals surface area contributed by atoms with E-state index in [1.165, 1.54) is 18.7 Å². The van der Waals surface area contributed by atoms with Crippen molar-refractivity contribution in [2.75, 3.05) is 5.32 Å². The smallest absolute Gasteiger partial charge is 0.275 e. The van der Waals surface area contributed by atoms with Gasteiger partial charge in [-0.25, -0.2) is 9.97 Å². The van der Waals surface area contributed by atoms with Crippen molar-refractivity contribution in [3.8, 4) is 6.07 Å². The van der Waals surface area contributed by atoms with Gasteiger partial charge in [-0.05, 0) is 23.8 Å². The molecule has 126 valence electrons. The average molecular weight is 364 g/mol. The summed E-state index contributed by atoms with van der Waals surface area (Å²) in [4.78, 5) is 24.8. The maximum atomic E-state index is 12.4. The molecule has 1 aromatic carbocycles. The number of pyridine rings is 1. The molecule has 8 heteroatoms. The first-order valence-electron chi connectivity index (χ1n) is 7.59. The number of benzene rings is 1. The van der Waals surface area contributed by atoms with Crippen LogP contribution in [-0.4, -0.2) is 21.6 Å². The maximum Gasteiger partial charge on any atom is 0.275 e. The maximum absolute atomic E-state index is 12.4. The molecular formula is C18H10ClN5O2. The molecular weight excluding hydrogens is 354 g/mol. The second-order valence-electron chi connectivity index (χ2n) is 5.52. The van der Waals surface area contributed by atoms with Crippen molar-refractivity contribution in [3.05, 3.63) is 76.2 Å². The summed E-state index contributed by atoms with van der Waals surface area (Å²) in [5.41, 5.74) is 3.52. The van der Waals surface area contributed by atoms with Crippen molar-refractivity contribution in [2.24, 2.45) is 4.99 Å². The molecule has 0 unspecified atom stereocenters. The third-order valence-corrected chi connectivity index (χ3v) is 4.17. The van der Waals surface area contributed by atoms with Crippen LogP contribution in [0.1, 0.15) is 32.9 Å². The van der Waals surface area contributed by atoms with Crippen molar-refractivity contribution in [2.45, 2.75) is 6.54 Å². The number of rotatable bonds is 3. The van der Waals surface area contributed by atoms with Gasteiger partial charge in [0.05, 0.1) is 23.3 Å². The Morgan fingerprint density at radius 1 is 1.31 bits per heavy atom. The predicted molar refractivity (Wildman–Crippen MR) is 94.2 cm³/mol. The minimum Gasteiger partial charge on any atom is -0.442 e. The molecule has 0 atom stereocenters. The number of fused-ring (bicyclic) bond motifs is 1. The van der Waals surface area contributed by atoms with Gasteiger partial charge in [-0.15, -0.1) is 0 Å². The molecule has 0 fully saturated rings. The number of hydrogen-bond acceptors (Lipinski definition) is 6. The average Bonchev–Trinajstić information content (AvgIpc) is 3.30. The number of carbonyl (C=O) groups excluding carboxylic acids is 1. The van der Waals surface area contributed by atoms with E-state index in [0.717, 1.165) is 11.1 Å². The minimum atomic E-state index is -0.462. The van der Waals surface area contributed by atoms with Gasteiger partial charge in [-0.1, -0.05) is 17.7 Å². The van der Waals surface area contributed by atoms with Crippen molar-refractivity contribution >= 4 is 28.9 Å². The van der Waals surface area contributed by atoms with E-state index >= 15 is 0 Å². The SMILES string of the molecule is N#Cc1cnc(C(=O)Nc2ccc3c(c2)C(c2cnco2)=NC3)c(Cl)c1. The van der Waals surface area contributed by atoms with Gasteiger partial charge in [0.15, 0.2) is 12.2 Å². The Hall–Kier alpha value is -3.50. The summed E-state index contributed by atoms with van der Waals surface area (Å²) in [5, 5.41) is 11.7. The number of aliphatic imine (C=N–C) groups is 1. The number of carbonyl (C=O) groups is 1. The number of anilines is 1. The van der Waals surface area contributed by atoms with E-state index in [4.69, 9.17) is 21.3 Å². The number of halogens is 1. The largest absolute Gasteiger partial charge is 0.442 e. The number of hydrogen-bond donors (Lipinski definition) is 1. The van der Waals surface area contributed by atoms with Crippen LogP contribution in [-0.2, 0) is 6.54 Å². The van der Waals surface area contributed by atoms with Crippen LogP contribution >= 0.6 is 11.6 Å². The Labute approximate surface area is 153 Å². The van der Waals surface area contributed by atoms with Crippen LogP contribution in [0.4, 0.5) is 5.69 Å². The second kappa shape index (κ2) is 6.43. The van der Waals surface area contributed by atoms with Gasteiger partial charge in [-0.3, -0.25) is 9.79 Å². The fourth-order valence-electron chi connectivity index (χ4n) is 2.66. The van der Waals surface area contributed by atoms with Gasteiger partial charge < -0.3 is 9.73 Å².